The average molecular weight is 823 g/mol. The standard InChI is InChI=1S/2C22H29NO4S.CH4/c2*1-5-6-7-18(2)28(24,25)23(16-19-8-12-21(26-3)13-9-19)17-20-10-14-22(27-4)15-11-20;/h2*5,8-15,18H,1,6-7,16-17H2,2-4H3;1H4/t2*18-;/m10./s1. The van der Waals surface area contributed by atoms with Gasteiger partial charge in [0.2, 0.25) is 20.0 Å². The smallest absolute Gasteiger partial charge is 0.217 e. The van der Waals surface area contributed by atoms with Gasteiger partial charge in [0.15, 0.2) is 0 Å². The Morgan fingerprint density at radius 3 is 0.860 bits per heavy atom. The summed E-state index contributed by atoms with van der Waals surface area (Å²) in [5.74, 6) is 2.97. The summed E-state index contributed by atoms with van der Waals surface area (Å²) in [6.45, 7) is 12.1. The summed E-state index contributed by atoms with van der Waals surface area (Å²) in [5, 5.41) is -0.969. The van der Waals surface area contributed by atoms with E-state index in [4.69, 9.17) is 18.9 Å². The molecule has 0 radical (unpaired) electrons. The van der Waals surface area contributed by atoms with Crippen molar-refractivity contribution in [3.63, 3.8) is 0 Å². The zero-order valence-corrected chi connectivity index (χ0v) is 35.2. The lowest BCUT2D eigenvalue weighted by Crippen LogP contribution is -2.36. The van der Waals surface area contributed by atoms with Gasteiger partial charge in [-0.2, -0.15) is 8.61 Å². The fourth-order valence-electron chi connectivity index (χ4n) is 5.72. The Morgan fingerprint density at radius 1 is 0.474 bits per heavy atom. The molecule has 0 aliphatic heterocycles. The predicted octanol–water partition coefficient (Wildman–Crippen LogP) is 9.42. The highest BCUT2D eigenvalue weighted by molar-refractivity contribution is 7.89. The first-order chi connectivity index (χ1) is 26.8. The van der Waals surface area contributed by atoms with E-state index in [0.717, 1.165) is 45.3 Å². The maximum Gasteiger partial charge on any atom is 0.217 e. The van der Waals surface area contributed by atoms with Crippen molar-refractivity contribution in [1.82, 2.24) is 8.61 Å². The third-order valence-corrected chi connectivity index (χ3v) is 13.8. The molecule has 10 nitrogen and oxygen atoms in total. The summed E-state index contributed by atoms with van der Waals surface area (Å²) >= 11 is 0. The van der Waals surface area contributed by atoms with Crippen molar-refractivity contribution in [3.05, 3.63) is 145 Å². The van der Waals surface area contributed by atoms with Crippen molar-refractivity contribution < 1.29 is 35.8 Å². The number of sulfonamides is 2. The SMILES string of the molecule is C.C=CCC[C@@H](C)S(=O)(=O)N(Cc1ccc(OC)cc1)Cc1ccc(OC)cc1.C=CCC[C@H](C)S(=O)(=O)N(Cc1ccc(OC)cc1)Cc1ccc(OC)cc1. The number of rotatable bonds is 22. The Morgan fingerprint density at radius 2 is 0.684 bits per heavy atom. The summed E-state index contributed by atoms with van der Waals surface area (Å²) < 4.78 is 76.8. The third-order valence-electron chi connectivity index (χ3n) is 9.36. The van der Waals surface area contributed by atoms with Gasteiger partial charge in [-0.05, 0) is 110 Å². The summed E-state index contributed by atoms with van der Waals surface area (Å²) in [4.78, 5) is 0. The van der Waals surface area contributed by atoms with Gasteiger partial charge in [-0.25, -0.2) is 16.8 Å². The molecule has 0 saturated heterocycles. The minimum Gasteiger partial charge on any atom is -0.497 e. The van der Waals surface area contributed by atoms with E-state index < -0.39 is 30.5 Å². The first-order valence-electron chi connectivity index (χ1n) is 18.5. The van der Waals surface area contributed by atoms with Crippen LogP contribution >= 0.6 is 0 Å². The average Bonchev–Trinajstić information content (AvgIpc) is 3.22. The molecule has 0 aliphatic carbocycles. The van der Waals surface area contributed by atoms with Gasteiger partial charge in [0, 0.05) is 26.2 Å². The highest BCUT2D eigenvalue weighted by Gasteiger charge is 2.30. The Bertz CT molecular complexity index is 1740. The zero-order chi connectivity index (χ0) is 41.1. The van der Waals surface area contributed by atoms with Gasteiger partial charge in [0.05, 0.1) is 38.9 Å². The quantitative estimate of drug-likeness (QED) is 0.0722. The van der Waals surface area contributed by atoms with Crippen LogP contribution in [0, 0.1) is 0 Å². The molecule has 0 aromatic heterocycles. The van der Waals surface area contributed by atoms with E-state index in [9.17, 15) is 16.8 Å². The van der Waals surface area contributed by atoms with E-state index >= 15 is 0 Å². The summed E-state index contributed by atoms with van der Waals surface area (Å²) in [7, 11) is -0.525. The van der Waals surface area contributed by atoms with E-state index in [1.54, 1.807) is 63.0 Å². The molecule has 0 saturated carbocycles. The molecule has 4 rings (SSSR count). The van der Waals surface area contributed by atoms with Gasteiger partial charge in [-0.15, -0.1) is 13.2 Å². The lowest BCUT2D eigenvalue weighted by atomic mass is 10.2. The van der Waals surface area contributed by atoms with Crippen LogP contribution in [-0.4, -0.2) is 64.4 Å². The summed E-state index contributed by atoms with van der Waals surface area (Å²) in [6.07, 6.45) is 5.94. The molecule has 0 fully saturated rings. The highest BCUT2D eigenvalue weighted by atomic mass is 32.2. The summed E-state index contributed by atoms with van der Waals surface area (Å²) in [6, 6.07) is 29.9. The molecule has 4 aromatic rings. The normalized spacial score (nSPS) is 12.4. The molecule has 312 valence electrons. The number of nitrogens with zero attached hydrogens (tertiary/aromatic N) is 2. The van der Waals surface area contributed by atoms with Crippen LogP contribution in [0.1, 0.15) is 69.2 Å². The van der Waals surface area contributed by atoms with Crippen LogP contribution in [0.15, 0.2) is 122 Å². The minimum atomic E-state index is -3.48. The third kappa shape index (κ3) is 15.0. The van der Waals surface area contributed by atoms with Crippen LogP contribution in [0.3, 0.4) is 0 Å². The molecule has 2 atom stereocenters. The second-order valence-corrected chi connectivity index (χ2v) is 18.1. The Hall–Kier alpha value is -4.62. The van der Waals surface area contributed by atoms with Gasteiger partial charge in [0.1, 0.15) is 23.0 Å². The molecule has 4 aromatic carbocycles. The number of ether oxygens (including phenoxy) is 4. The first-order valence-corrected chi connectivity index (χ1v) is 21.5. The molecule has 0 spiro atoms. The number of hydrogen-bond acceptors (Lipinski definition) is 8. The van der Waals surface area contributed by atoms with Gasteiger partial charge < -0.3 is 18.9 Å². The lowest BCUT2D eigenvalue weighted by Gasteiger charge is -2.26. The van der Waals surface area contributed by atoms with E-state index in [-0.39, 0.29) is 7.43 Å². The van der Waals surface area contributed by atoms with Crippen LogP contribution in [0.4, 0.5) is 0 Å². The highest BCUT2D eigenvalue weighted by Crippen LogP contribution is 2.25. The van der Waals surface area contributed by atoms with Crippen molar-refractivity contribution >= 4 is 20.0 Å². The maximum atomic E-state index is 13.2. The lowest BCUT2D eigenvalue weighted by molar-refractivity contribution is 0.390. The van der Waals surface area contributed by atoms with Crippen molar-refractivity contribution in [2.24, 2.45) is 0 Å². The van der Waals surface area contributed by atoms with Crippen LogP contribution in [-0.2, 0) is 46.2 Å². The van der Waals surface area contributed by atoms with Gasteiger partial charge in [-0.1, -0.05) is 68.1 Å². The van der Waals surface area contributed by atoms with Crippen molar-refractivity contribution in [3.8, 4) is 23.0 Å². The topological polar surface area (TPSA) is 112 Å². The van der Waals surface area contributed by atoms with E-state index in [1.807, 2.05) is 97.1 Å². The van der Waals surface area contributed by atoms with Crippen molar-refractivity contribution in [1.29, 1.82) is 0 Å². The van der Waals surface area contributed by atoms with Crippen molar-refractivity contribution in [2.45, 2.75) is 83.6 Å². The molecule has 0 unspecified atom stereocenters. The Kier molecular flexibility index (Phi) is 20.6. The molecule has 0 heterocycles. The molecular weight excluding hydrogens is 761 g/mol. The summed E-state index contributed by atoms with van der Waals surface area (Å²) in [5.41, 5.74) is 3.64. The van der Waals surface area contributed by atoms with Gasteiger partial charge >= 0.3 is 0 Å². The van der Waals surface area contributed by atoms with Crippen LogP contribution in [0.25, 0.3) is 0 Å². The second-order valence-electron chi connectivity index (χ2n) is 13.4. The van der Waals surface area contributed by atoms with Crippen LogP contribution < -0.4 is 18.9 Å². The fraction of sp³-hybridized carbons (Fsp3) is 0.378. The molecule has 0 bridgehead atoms. The number of methoxy groups -OCH3 is 4. The van der Waals surface area contributed by atoms with Crippen LogP contribution in [0.5, 0.6) is 23.0 Å². The maximum absolute atomic E-state index is 13.2. The predicted molar refractivity (Wildman–Crippen MR) is 233 cm³/mol. The molecule has 0 aliphatic rings. The fourth-order valence-corrected chi connectivity index (χ4v) is 8.92. The van der Waals surface area contributed by atoms with E-state index in [1.165, 1.54) is 0 Å². The van der Waals surface area contributed by atoms with E-state index in [2.05, 4.69) is 13.2 Å². The number of allylic oxidation sites excluding steroid dienone is 2. The molecule has 12 heteroatoms. The first kappa shape index (κ1) is 48.5. The molecule has 0 N–H and O–H groups in total. The Balaban J connectivity index is 0.000000387. The van der Waals surface area contributed by atoms with E-state index in [0.29, 0.717) is 51.9 Å². The van der Waals surface area contributed by atoms with Gasteiger partial charge in [0.25, 0.3) is 0 Å². The van der Waals surface area contributed by atoms with Crippen molar-refractivity contribution in [2.75, 3.05) is 28.4 Å². The zero-order valence-electron chi connectivity index (χ0n) is 33.6. The monoisotopic (exact) mass is 822 g/mol. The Labute approximate surface area is 342 Å². The largest absolute Gasteiger partial charge is 0.497 e. The molecule has 0 amide bonds. The van der Waals surface area contributed by atoms with Crippen LogP contribution in [0.2, 0.25) is 0 Å². The molecular formula is C45H62N2O8S2. The minimum absolute atomic E-state index is 0. The second kappa shape index (κ2) is 24.2. The molecule has 57 heavy (non-hydrogen) atoms. The van der Waals surface area contributed by atoms with Gasteiger partial charge in [-0.3, -0.25) is 0 Å². The number of benzene rings is 4. The number of hydrogen-bond donors (Lipinski definition) is 0.